The minimum atomic E-state index is -0.783. The van der Waals surface area contributed by atoms with Gasteiger partial charge in [0.1, 0.15) is 23.5 Å². The molecule has 4 aromatic rings. The van der Waals surface area contributed by atoms with Crippen LogP contribution in [0.1, 0.15) is 10.4 Å². The topological polar surface area (TPSA) is 91.4 Å². The van der Waals surface area contributed by atoms with Crippen molar-refractivity contribution < 1.29 is 23.1 Å². The number of benzene rings is 2. The van der Waals surface area contributed by atoms with Crippen LogP contribution in [0.3, 0.4) is 0 Å². The summed E-state index contributed by atoms with van der Waals surface area (Å²) in [6, 6.07) is 12.0. The maximum Gasteiger partial charge on any atom is 0.326 e. The Bertz CT molecular complexity index is 1260. The first-order valence-corrected chi connectivity index (χ1v) is 8.34. The van der Waals surface area contributed by atoms with Crippen molar-refractivity contribution in [2.75, 3.05) is 6.61 Å². The van der Waals surface area contributed by atoms with Gasteiger partial charge in [0.2, 0.25) is 5.58 Å². The van der Waals surface area contributed by atoms with Gasteiger partial charge < -0.3 is 9.15 Å². The lowest BCUT2D eigenvalue weighted by Crippen LogP contribution is -2.26. The highest BCUT2D eigenvalue weighted by Crippen LogP contribution is 2.23. The van der Waals surface area contributed by atoms with E-state index in [1.54, 1.807) is 24.3 Å². The predicted octanol–water partition coefficient (Wildman–Crippen LogP) is 2.71. The molecule has 0 bridgehead atoms. The minimum Gasteiger partial charge on any atom is -0.456 e. The molecule has 4 rings (SSSR count). The van der Waals surface area contributed by atoms with Crippen LogP contribution in [0, 0.1) is 5.82 Å². The molecule has 2 aromatic carbocycles. The molecule has 0 unspecified atom stereocenters. The third-order valence-electron chi connectivity index (χ3n) is 4.18. The maximum atomic E-state index is 12.9. The van der Waals surface area contributed by atoms with Crippen LogP contribution in [-0.2, 0) is 16.1 Å². The Morgan fingerprint density at radius 1 is 1.11 bits per heavy atom. The van der Waals surface area contributed by atoms with E-state index in [1.165, 1.54) is 18.5 Å². The second kappa shape index (κ2) is 7.07. The van der Waals surface area contributed by atoms with E-state index < -0.39 is 36.3 Å². The average Bonchev–Trinajstić information content (AvgIpc) is 3.08. The minimum absolute atomic E-state index is 0.0406. The van der Waals surface area contributed by atoms with Gasteiger partial charge in [-0.25, -0.2) is 9.37 Å². The lowest BCUT2D eigenvalue weighted by atomic mass is 10.1. The molecule has 0 aliphatic carbocycles. The normalized spacial score (nSPS) is 11.0. The van der Waals surface area contributed by atoms with E-state index in [1.807, 2.05) is 0 Å². The van der Waals surface area contributed by atoms with Gasteiger partial charge in [0.15, 0.2) is 12.4 Å². The van der Waals surface area contributed by atoms with Crippen LogP contribution in [-0.4, -0.2) is 27.9 Å². The Hall–Kier alpha value is -3.81. The monoisotopic (exact) mass is 380 g/mol. The van der Waals surface area contributed by atoms with Gasteiger partial charge in [-0.3, -0.25) is 19.0 Å². The second-order valence-corrected chi connectivity index (χ2v) is 6.04. The number of aromatic nitrogens is 2. The molecule has 0 saturated carbocycles. The Balaban J connectivity index is 1.48. The first-order chi connectivity index (χ1) is 13.5. The van der Waals surface area contributed by atoms with Crippen LogP contribution in [0.15, 0.2) is 64.1 Å². The summed E-state index contributed by atoms with van der Waals surface area (Å²) in [5, 5.41) is 0.703. The van der Waals surface area contributed by atoms with Crippen molar-refractivity contribution in [3.8, 4) is 0 Å². The largest absolute Gasteiger partial charge is 0.456 e. The van der Waals surface area contributed by atoms with Crippen molar-refractivity contribution in [1.29, 1.82) is 0 Å². The number of halogens is 1. The van der Waals surface area contributed by atoms with Gasteiger partial charge in [0.25, 0.3) is 5.56 Å². The van der Waals surface area contributed by atoms with Crippen molar-refractivity contribution in [2.24, 2.45) is 0 Å². The summed E-state index contributed by atoms with van der Waals surface area (Å²) in [4.78, 5) is 40.7. The number of Topliss-reactive ketones (excluding diaryl/α,β-unsaturated/α-hetero) is 1. The number of fused-ring (bicyclic) bond motifs is 3. The van der Waals surface area contributed by atoms with E-state index in [0.29, 0.717) is 16.5 Å². The Labute approximate surface area is 157 Å². The van der Waals surface area contributed by atoms with Crippen molar-refractivity contribution in [1.82, 2.24) is 9.55 Å². The number of furan rings is 1. The molecule has 2 aromatic heterocycles. The summed E-state index contributed by atoms with van der Waals surface area (Å²) < 4.78 is 24.4. The van der Waals surface area contributed by atoms with Crippen molar-refractivity contribution in [3.63, 3.8) is 0 Å². The molecule has 0 aliphatic heterocycles. The van der Waals surface area contributed by atoms with Gasteiger partial charge in [-0.15, -0.1) is 0 Å². The number of hydrogen-bond donors (Lipinski definition) is 0. The number of ether oxygens (including phenoxy) is 1. The molecule has 0 spiro atoms. The molecule has 2 heterocycles. The fourth-order valence-corrected chi connectivity index (χ4v) is 2.78. The highest BCUT2D eigenvalue weighted by molar-refractivity contribution is 6.01. The molecule has 0 fully saturated rings. The fraction of sp³-hybridized carbons (Fsp3) is 0.100. The number of nitrogens with zero attached hydrogens (tertiary/aromatic N) is 2. The average molecular weight is 380 g/mol. The van der Waals surface area contributed by atoms with E-state index in [4.69, 9.17) is 9.15 Å². The third-order valence-corrected chi connectivity index (χ3v) is 4.18. The molecule has 0 atom stereocenters. The van der Waals surface area contributed by atoms with Crippen LogP contribution in [0.4, 0.5) is 4.39 Å². The van der Waals surface area contributed by atoms with Crippen molar-refractivity contribution in [3.05, 3.63) is 76.6 Å². The molecule has 7 nitrogen and oxygen atoms in total. The molecular formula is C20H13FN2O5. The van der Waals surface area contributed by atoms with E-state index in [-0.39, 0.29) is 11.1 Å². The van der Waals surface area contributed by atoms with Crippen molar-refractivity contribution in [2.45, 2.75) is 6.54 Å². The molecule has 140 valence electrons. The number of esters is 1. The van der Waals surface area contributed by atoms with E-state index in [9.17, 15) is 18.8 Å². The summed E-state index contributed by atoms with van der Waals surface area (Å²) in [5.74, 6) is -1.73. The number of carbonyl (C=O) groups excluding carboxylic acids is 2. The molecule has 0 N–H and O–H groups in total. The first kappa shape index (κ1) is 17.6. The van der Waals surface area contributed by atoms with Crippen molar-refractivity contribution >= 4 is 33.8 Å². The second-order valence-electron chi connectivity index (χ2n) is 6.04. The van der Waals surface area contributed by atoms with Crippen LogP contribution < -0.4 is 5.56 Å². The number of carbonyl (C=O) groups is 2. The van der Waals surface area contributed by atoms with E-state index in [0.717, 1.165) is 16.7 Å². The van der Waals surface area contributed by atoms with Gasteiger partial charge in [-0.05, 0) is 36.4 Å². The maximum absolute atomic E-state index is 12.9. The third kappa shape index (κ3) is 3.27. The Morgan fingerprint density at radius 3 is 2.64 bits per heavy atom. The molecule has 28 heavy (non-hydrogen) atoms. The highest BCUT2D eigenvalue weighted by atomic mass is 19.1. The van der Waals surface area contributed by atoms with Crippen LogP contribution >= 0.6 is 0 Å². The summed E-state index contributed by atoms with van der Waals surface area (Å²) in [6.45, 7) is -0.935. The molecule has 8 heteroatoms. The summed E-state index contributed by atoms with van der Waals surface area (Å²) in [7, 11) is 0. The van der Waals surface area contributed by atoms with Gasteiger partial charge in [0, 0.05) is 10.9 Å². The van der Waals surface area contributed by atoms with Crippen LogP contribution in [0.2, 0.25) is 0 Å². The number of para-hydroxylation sites is 1. The quantitative estimate of drug-likeness (QED) is 0.391. The molecule has 0 saturated heterocycles. The van der Waals surface area contributed by atoms with E-state index in [2.05, 4.69) is 4.98 Å². The number of ketones is 1. The molecular weight excluding hydrogens is 367 g/mol. The zero-order valence-corrected chi connectivity index (χ0v) is 14.4. The summed E-state index contributed by atoms with van der Waals surface area (Å²) >= 11 is 0. The van der Waals surface area contributed by atoms with Crippen LogP contribution in [0.25, 0.3) is 22.1 Å². The highest BCUT2D eigenvalue weighted by Gasteiger charge is 2.16. The molecule has 0 radical (unpaired) electrons. The van der Waals surface area contributed by atoms with Crippen LogP contribution in [0.5, 0.6) is 0 Å². The standard InChI is InChI=1S/C20H13FN2O5/c21-13-7-5-12(6-8-13)15(24)10-27-17(25)9-23-11-22-18-14-3-1-2-4-16(14)28-19(18)20(23)26/h1-8,11H,9-10H2. The summed E-state index contributed by atoms with van der Waals surface area (Å²) in [6.07, 6.45) is 1.23. The molecule has 0 aliphatic rings. The van der Waals surface area contributed by atoms with Gasteiger partial charge in [0.05, 0.1) is 6.33 Å². The zero-order valence-electron chi connectivity index (χ0n) is 14.4. The number of rotatable bonds is 5. The molecule has 0 amide bonds. The van der Waals surface area contributed by atoms with Gasteiger partial charge in [-0.1, -0.05) is 12.1 Å². The SMILES string of the molecule is O=C(Cn1cnc2c(oc3ccccc32)c1=O)OCC(=O)c1ccc(F)cc1. The fourth-order valence-electron chi connectivity index (χ4n) is 2.78. The van der Waals surface area contributed by atoms with Gasteiger partial charge >= 0.3 is 5.97 Å². The number of hydrogen-bond acceptors (Lipinski definition) is 6. The van der Waals surface area contributed by atoms with E-state index >= 15 is 0 Å². The first-order valence-electron chi connectivity index (χ1n) is 8.34. The Kier molecular flexibility index (Phi) is 4.44. The Morgan fingerprint density at radius 2 is 1.86 bits per heavy atom. The smallest absolute Gasteiger partial charge is 0.326 e. The lowest BCUT2D eigenvalue weighted by Gasteiger charge is -2.06. The predicted molar refractivity (Wildman–Crippen MR) is 97.5 cm³/mol. The van der Waals surface area contributed by atoms with Gasteiger partial charge in [-0.2, -0.15) is 0 Å². The summed E-state index contributed by atoms with van der Waals surface area (Å²) in [5.41, 5.74) is 0.669. The lowest BCUT2D eigenvalue weighted by molar-refractivity contribution is -0.143. The zero-order chi connectivity index (χ0) is 19.7.